The molecule has 1 aliphatic rings. The number of ether oxygens (including phenoxy) is 1. The van der Waals surface area contributed by atoms with E-state index >= 15 is 0 Å². The van der Waals surface area contributed by atoms with Crippen molar-refractivity contribution in [1.82, 2.24) is 14.5 Å². The van der Waals surface area contributed by atoms with Gasteiger partial charge >= 0.3 is 0 Å². The molecule has 1 amide bonds. The Balaban J connectivity index is 1.60. The molecule has 0 spiro atoms. The average molecular weight is 378 g/mol. The Morgan fingerprint density at radius 3 is 2.86 bits per heavy atom. The van der Waals surface area contributed by atoms with Gasteiger partial charge in [-0.3, -0.25) is 10.1 Å². The van der Waals surface area contributed by atoms with Crippen LogP contribution in [0.4, 0.5) is 5.95 Å². The highest BCUT2D eigenvalue weighted by Crippen LogP contribution is 2.26. The van der Waals surface area contributed by atoms with Gasteiger partial charge in [0.05, 0.1) is 17.6 Å². The van der Waals surface area contributed by atoms with Gasteiger partial charge in [-0.1, -0.05) is 26.0 Å². The first-order valence-electron chi connectivity index (χ1n) is 9.94. The lowest BCUT2D eigenvalue weighted by molar-refractivity contribution is 0.102. The van der Waals surface area contributed by atoms with Crippen LogP contribution in [0.2, 0.25) is 0 Å². The van der Waals surface area contributed by atoms with Gasteiger partial charge in [0.15, 0.2) is 0 Å². The standard InChI is InChI=1S/C22H26N4O2/c1-3-25(4-2)12-13-26-19-8-6-5-7-18(19)23-22(26)24-21(27)17-9-10-20-16(15-17)11-14-28-20/h5-10,15H,3-4,11-14H2,1-2H3,(H,23,24,27). The number of para-hydroxylation sites is 2. The number of nitrogens with one attached hydrogen (secondary N) is 1. The highest BCUT2D eigenvalue weighted by atomic mass is 16.5. The van der Waals surface area contributed by atoms with Crippen LogP contribution in [0, 0.1) is 0 Å². The quantitative estimate of drug-likeness (QED) is 0.683. The number of benzene rings is 2. The molecule has 0 saturated heterocycles. The van der Waals surface area contributed by atoms with E-state index in [2.05, 4.69) is 33.6 Å². The van der Waals surface area contributed by atoms with Gasteiger partial charge in [0, 0.05) is 25.1 Å². The molecule has 2 aromatic carbocycles. The summed E-state index contributed by atoms with van der Waals surface area (Å²) in [4.78, 5) is 19.9. The molecule has 146 valence electrons. The first kappa shape index (κ1) is 18.5. The van der Waals surface area contributed by atoms with Crippen molar-refractivity contribution >= 4 is 22.9 Å². The largest absolute Gasteiger partial charge is 0.493 e. The van der Waals surface area contributed by atoms with Crippen LogP contribution in [0.15, 0.2) is 42.5 Å². The molecule has 0 atom stereocenters. The maximum absolute atomic E-state index is 12.9. The second-order valence-electron chi connectivity index (χ2n) is 6.98. The van der Waals surface area contributed by atoms with Gasteiger partial charge in [-0.25, -0.2) is 4.98 Å². The Morgan fingerprint density at radius 2 is 2.04 bits per heavy atom. The van der Waals surface area contributed by atoms with Crippen molar-refractivity contribution in [2.45, 2.75) is 26.8 Å². The molecule has 6 nitrogen and oxygen atoms in total. The van der Waals surface area contributed by atoms with E-state index in [4.69, 9.17) is 4.74 Å². The molecular formula is C22H26N4O2. The molecule has 1 aliphatic heterocycles. The zero-order chi connectivity index (χ0) is 19.5. The topological polar surface area (TPSA) is 59.4 Å². The average Bonchev–Trinajstić information content (AvgIpc) is 3.32. The van der Waals surface area contributed by atoms with Gasteiger partial charge in [-0.15, -0.1) is 0 Å². The van der Waals surface area contributed by atoms with Crippen LogP contribution in [-0.2, 0) is 13.0 Å². The maximum Gasteiger partial charge on any atom is 0.257 e. The second-order valence-corrected chi connectivity index (χ2v) is 6.98. The Labute approximate surface area is 165 Å². The van der Waals surface area contributed by atoms with E-state index in [0.29, 0.717) is 18.1 Å². The summed E-state index contributed by atoms with van der Waals surface area (Å²) in [7, 11) is 0. The number of likely N-dealkylation sites (N-methyl/N-ethyl adjacent to an activating group) is 1. The van der Waals surface area contributed by atoms with E-state index in [1.165, 1.54) is 0 Å². The number of hydrogen-bond acceptors (Lipinski definition) is 4. The lowest BCUT2D eigenvalue weighted by Gasteiger charge is -2.19. The zero-order valence-corrected chi connectivity index (χ0v) is 16.4. The third kappa shape index (κ3) is 3.60. The number of fused-ring (bicyclic) bond motifs is 2. The Kier molecular flexibility index (Phi) is 5.30. The minimum Gasteiger partial charge on any atom is -0.493 e. The number of hydrogen-bond donors (Lipinski definition) is 1. The van der Waals surface area contributed by atoms with Gasteiger partial charge in [0.1, 0.15) is 5.75 Å². The predicted molar refractivity (Wildman–Crippen MR) is 111 cm³/mol. The number of aromatic nitrogens is 2. The number of amides is 1. The van der Waals surface area contributed by atoms with Crippen LogP contribution in [0.1, 0.15) is 29.8 Å². The number of nitrogens with zero attached hydrogens (tertiary/aromatic N) is 3. The van der Waals surface area contributed by atoms with E-state index in [1.807, 2.05) is 42.5 Å². The fraction of sp³-hybridized carbons (Fsp3) is 0.364. The first-order chi connectivity index (χ1) is 13.7. The Morgan fingerprint density at radius 1 is 1.21 bits per heavy atom. The number of anilines is 1. The normalized spacial score (nSPS) is 13.0. The van der Waals surface area contributed by atoms with Crippen LogP contribution in [-0.4, -0.2) is 46.6 Å². The molecule has 2 heterocycles. The Bertz CT molecular complexity index is 991. The summed E-state index contributed by atoms with van der Waals surface area (Å²) in [5, 5.41) is 3.02. The fourth-order valence-corrected chi connectivity index (χ4v) is 3.68. The molecule has 0 aliphatic carbocycles. The van der Waals surface area contributed by atoms with Crippen LogP contribution < -0.4 is 10.1 Å². The van der Waals surface area contributed by atoms with E-state index < -0.39 is 0 Å². The number of rotatable bonds is 7. The van der Waals surface area contributed by atoms with Crippen molar-refractivity contribution in [1.29, 1.82) is 0 Å². The molecule has 1 N–H and O–H groups in total. The van der Waals surface area contributed by atoms with Crippen LogP contribution >= 0.6 is 0 Å². The van der Waals surface area contributed by atoms with Crippen LogP contribution in [0.3, 0.4) is 0 Å². The third-order valence-electron chi connectivity index (χ3n) is 5.37. The van der Waals surface area contributed by atoms with E-state index in [9.17, 15) is 4.79 Å². The van der Waals surface area contributed by atoms with Crippen molar-refractivity contribution in [2.75, 3.05) is 31.6 Å². The number of carbonyl (C=O) groups excluding carboxylic acids is 1. The SMILES string of the molecule is CCN(CC)CCn1c(NC(=O)c2ccc3c(c2)CCO3)nc2ccccc21. The van der Waals surface area contributed by atoms with Crippen molar-refractivity contribution in [3.63, 3.8) is 0 Å². The first-order valence-corrected chi connectivity index (χ1v) is 9.94. The summed E-state index contributed by atoms with van der Waals surface area (Å²) in [6.45, 7) is 8.69. The zero-order valence-electron chi connectivity index (χ0n) is 16.4. The summed E-state index contributed by atoms with van der Waals surface area (Å²) in [6.07, 6.45) is 0.846. The Hall–Kier alpha value is -2.86. The van der Waals surface area contributed by atoms with Crippen molar-refractivity contribution in [3.8, 4) is 5.75 Å². The summed E-state index contributed by atoms with van der Waals surface area (Å²) in [5.41, 5.74) is 3.64. The third-order valence-corrected chi connectivity index (χ3v) is 5.37. The molecule has 6 heteroatoms. The molecule has 4 rings (SSSR count). The highest BCUT2D eigenvalue weighted by molar-refractivity contribution is 6.04. The number of imidazole rings is 1. The fourth-order valence-electron chi connectivity index (χ4n) is 3.68. The molecule has 0 radical (unpaired) electrons. The molecular weight excluding hydrogens is 352 g/mol. The monoisotopic (exact) mass is 378 g/mol. The highest BCUT2D eigenvalue weighted by Gasteiger charge is 2.18. The van der Waals surface area contributed by atoms with Crippen molar-refractivity contribution < 1.29 is 9.53 Å². The molecule has 0 unspecified atom stereocenters. The summed E-state index contributed by atoms with van der Waals surface area (Å²) < 4.78 is 7.63. The van der Waals surface area contributed by atoms with E-state index in [-0.39, 0.29) is 5.91 Å². The van der Waals surface area contributed by atoms with Gasteiger partial charge in [0.2, 0.25) is 5.95 Å². The van der Waals surface area contributed by atoms with Crippen molar-refractivity contribution in [2.24, 2.45) is 0 Å². The second kappa shape index (κ2) is 8.02. The van der Waals surface area contributed by atoms with Crippen molar-refractivity contribution in [3.05, 3.63) is 53.6 Å². The summed E-state index contributed by atoms with van der Waals surface area (Å²) >= 11 is 0. The molecule has 28 heavy (non-hydrogen) atoms. The molecule has 0 saturated carbocycles. The smallest absolute Gasteiger partial charge is 0.257 e. The molecule has 0 bridgehead atoms. The summed E-state index contributed by atoms with van der Waals surface area (Å²) in [6, 6.07) is 13.6. The van der Waals surface area contributed by atoms with Gasteiger partial charge in [0.25, 0.3) is 5.91 Å². The number of carbonyl (C=O) groups is 1. The van der Waals surface area contributed by atoms with Gasteiger partial charge in [-0.05, 0) is 49.0 Å². The lowest BCUT2D eigenvalue weighted by atomic mass is 10.1. The van der Waals surface area contributed by atoms with Crippen LogP contribution in [0.25, 0.3) is 11.0 Å². The summed E-state index contributed by atoms with van der Waals surface area (Å²) in [5.74, 6) is 1.33. The van der Waals surface area contributed by atoms with Gasteiger partial charge < -0.3 is 14.2 Å². The van der Waals surface area contributed by atoms with E-state index in [1.54, 1.807) is 0 Å². The van der Waals surface area contributed by atoms with Crippen LogP contribution in [0.5, 0.6) is 5.75 Å². The lowest BCUT2D eigenvalue weighted by Crippen LogP contribution is -2.27. The molecule has 3 aromatic rings. The van der Waals surface area contributed by atoms with Gasteiger partial charge in [-0.2, -0.15) is 0 Å². The molecule has 1 aromatic heterocycles. The predicted octanol–water partition coefficient (Wildman–Crippen LogP) is 3.57. The minimum atomic E-state index is -0.144. The maximum atomic E-state index is 12.9. The molecule has 0 fully saturated rings. The minimum absolute atomic E-state index is 0.144. The van der Waals surface area contributed by atoms with E-state index in [0.717, 1.165) is 54.9 Å².